The first-order valence-electron chi connectivity index (χ1n) is 12.4. The van der Waals surface area contributed by atoms with Gasteiger partial charge in [-0.05, 0) is 35.4 Å². The van der Waals surface area contributed by atoms with Gasteiger partial charge in [-0.3, -0.25) is 9.59 Å². The molecule has 7 N–H and O–H groups in total. The highest BCUT2D eigenvalue weighted by molar-refractivity contribution is 6.05. The third kappa shape index (κ3) is 4.28. The lowest BCUT2D eigenvalue weighted by Crippen LogP contribution is -2.36. The highest BCUT2D eigenvalue weighted by atomic mass is 16.5. The van der Waals surface area contributed by atoms with Gasteiger partial charge in [0.1, 0.15) is 63.2 Å². The first-order valence-corrected chi connectivity index (χ1v) is 12.4. The molecule has 3 atom stereocenters. The van der Waals surface area contributed by atoms with Crippen LogP contribution in [-0.4, -0.2) is 53.4 Å². The van der Waals surface area contributed by atoms with Crippen molar-refractivity contribution in [2.75, 3.05) is 0 Å². The number of ketones is 2. The van der Waals surface area contributed by atoms with Crippen molar-refractivity contribution in [3.05, 3.63) is 82.9 Å². The standard InChI is InChI=1S/C30H22O11/c31-14-7-20(35)26-22(37)11-23(40-24(26)9-14)12-1-3-18(33)16(5-12)17-6-13(2-4-19(17)34)30-29(39)28(38)27-21(36)8-15(32)10-25(27)41-30/h1-10,23,29-36,39H,11H2/t23-,29-,30-/m1/s1. The summed E-state index contributed by atoms with van der Waals surface area (Å²) in [5, 5.41) is 72.0. The van der Waals surface area contributed by atoms with E-state index in [1.54, 1.807) is 0 Å². The summed E-state index contributed by atoms with van der Waals surface area (Å²) in [5.41, 5.74) is 0.588. The lowest BCUT2D eigenvalue weighted by Gasteiger charge is -2.30. The summed E-state index contributed by atoms with van der Waals surface area (Å²) in [7, 11) is 0. The number of aliphatic hydroxyl groups is 1. The van der Waals surface area contributed by atoms with Gasteiger partial charge in [0.15, 0.2) is 18.0 Å². The molecule has 11 nitrogen and oxygen atoms in total. The van der Waals surface area contributed by atoms with Crippen molar-refractivity contribution >= 4 is 11.6 Å². The fourth-order valence-corrected chi connectivity index (χ4v) is 5.19. The van der Waals surface area contributed by atoms with Crippen LogP contribution >= 0.6 is 0 Å². The molecule has 11 heteroatoms. The highest BCUT2D eigenvalue weighted by Crippen LogP contribution is 2.46. The Morgan fingerprint density at radius 1 is 0.610 bits per heavy atom. The lowest BCUT2D eigenvalue weighted by molar-refractivity contribution is 0.0211. The fourth-order valence-electron chi connectivity index (χ4n) is 5.19. The zero-order valence-electron chi connectivity index (χ0n) is 21.0. The van der Waals surface area contributed by atoms with Gasteiger partial charge in [0.05, 0.1) is 6.42 Å². The Morgan fingerprint density at radius 3 is 1.78 bits per heavy atom. The molecule has 0 aliphatic carbocycles. The minimum Gasteiger partial charge on any atom is -0.508 e. The molecule has 0 unspecified atom stereocenters. The van der Waals surface area contributed by atoms with Crippen LogP contribution in [0.1, 0.15) is 50.5 Å². The molecule has 0 spiro atoms. The quantitative estimate of drug-likeness (QED) is 0.192. The minimum atomic E-state index is -1.73. The summed E-state index contributed by atoms with van der Waals surface area (Å²) in [5.74, 6) is -3.48. The highest BCUT2D eigenvalue weighted by Gasteiger charge is 2.39. The summed E-state index contributed by atoms with van der Waals surface area (Å²) in [4.78, 5) is 25.6. The number of ether oxygens (including phenoxy) is 2. The maximum Gasteiger partial charge on any atom is 0.202 e. The summed E-state index contributed by atoms with van der Waals surface area (Å²) in [6.45, 7) is 0. The lowest BCUT2D eigenvalue weighted by atomic mass is 9.90. The first kappa shape index (κ1) is 25.8. The van der Waals surface area contributed by atoms with Gasteiger partial charge >= 0.3 is 0 Å². The number of phenols is 6. The van der Waals surface area contributed by atoms with E-state index in [4.69, 9.17) is 9.47 Å². The van der Waals surface area contributed by atoms with Crippen molar-refractivity contribution in [3.63, 3.8) is 0 Å². The zero-order chi connectivity index (χ0) is 29.2. The van der Waals surface area contributed by atoms with E-state index in [1.807, 2.05) is 0 Å². The second-order valence-corrected chi connectivity index (χ2v) is 9.81. The molecule has 0 radical (unpaired) electrons. The number of hydrogen-bond donors (Lipinski definition) is 7. The maximum absolute atomic E-state index is 12.9. The Kier molecular flexibility index (Phi) is 5.89. The SMILES string of the molecule is O=C1C[C@H](c2ccc(O)c(-c3cc([C@H]4Oc5cc(O)cc(O)c5C(=O)[C@H]4O)ccc3O)c2)Oc2cc(O)cc(O)c21. The predicted octanol–water partition coefficient (Wildman–Crippen LogP) is 3.97. The van der Waals surface area contributed by atoms with Crippen molar-refractivity contribution in [1.82, 2.24) is 0 Å². The molecule has 0 fully saturated rings. The van der Waals surface area contributed by atoms with Crippen molar-refractivity contribution in [1.29, 1.82) is 0 Å². The Bertz CT molecular complexity index is 1760. The van der Waals surface area contributed by atoms with Gasteiger partial charge in [-0.1, -0.05) is 12.1 Å². The Labute approximate surface area is 231 Å². The molecular weight excluding hydrogens is 536 g/mol. The van der Waals surface area contributed by atoms with Crippen LogP contribution in [-0.2, 0) is 0 Å². The number of carbonyl (C=O) groups is 2. The molecule has 4 aromatic rings. The van der Waals surface area contributed by atoms with E-state index in [1.165, 1.54) is 42.5 Å². The Hall–Kier alpha value is -5.42. The van der Waals surface area contributed by atoms with Gasteiger partial charge < -0.3 is 45.2 Å². The largest absolute Gasteiger partial charge is 0.508 e. The monoisotopic (exact) mass is 558 g/mol. The van der Waals surface area contributed by atoms with Crippen molar-refractivity contribution in [2.24, 2.45) is 0 Å². The molecular formula is C30H22O11. The Morgan fingerprint density at radius 2 is 1.15 bits per heavy atom. The zero-order valence-corrected chi connectivity index (χ0v) is 21.0. The molecule has 0 saturated heterocycles. The van der Waals surface area contributed by atoms with Crippen molar-refractivity contribution < 1.29 is 54.8 Å². The number of aromatic hydroxyl groups is 6. The third-order valence-corrected chi connectivity index (χ3v) is 7.14. The molecule has 2 heterocycles. The van der Waals surface area contributed by atoms with Gasteiger partial charge in [-0.15, -0.1) is 0 Å². The fraction of sp³-hybridized carbons (Fsp3) is 0.133. The van der Waals surface area contributed by atoms with Crippen LogP contribution in [0.2, 0.25) is 0 Å². The van der Waals surface area contributed by atoms with E-state index in [9.17, 15) is 45.3 Å². The number of carbonyl (C=O) groups excluding carboxylic acids is 2. The molecule has 6 rings (SSSR count). The summed E-state index contributed by atoms with van der Waals surface area (Å²) >= 11 is 0. The van der Waals surface area contributed by atoms with Crippen molar-refractivity contribution in [2.45, 2.75) is 24.7 Å². The van der Waals surface area contributed by atoms with E-state index < -0.39 is 41.4 Å². The average Bonchev–Trinajstić information content (AvgIpc) is 2.90. The number of rotatable bonds is 3. The van der Waals surface area contributed by atoms with Crippen molar-refractivity contribution in [3.8, 4) is 57.1 Å². The van der Waals surface area contributed by atoms with E-state index >= 15 is 0 Å². The number of fused-ring (bicyclic) bond motifs is 2. The first-order chi connectivity index (χ1) is 19.5. The van der Waals surface area contributed by atoms with E-state index in [-0.39, 0.29) is 68.7 Å². The summed E-state index contributed by atoms with van der Waals surface area (Å²) in [6.07, 6.45) is -4.01. The summed E-state index contributed by atoms with van der Waals surface area (Å²) < 4.78 is 11.7. The number of Topliss-reactive ketones (excluding diaryl/α,β-unsaturated/α-hetero) is 2. The topological polar surface area (TPSA) is 194 Å². The van der Waals surface area contributed by atoms with Crippen LogP contribution in [0, 0.1) is 0 Å². The van der Waals surface area contributed by atoms with Gasteiger partial charge in [0, 0.05) is 35.4 Å². The molecule has 41 heavy (non-hydrogen) atoms. The molecule has 0 bridgehead atoms. The minimum absolute atomic E-state index is 0.00586. The normalized spacial score (nSPS) is 19.6. The number of phenolic OH excluding ortho intramolecular Hbond substituents is 6. The van der Waals surface area contributed by atoms with Gasteiger partial charge in [0.25, 0.3) is 0 Å². The van der Waals surface area contributed by atoms with E-state index in [2.05, 4.69) is 0 Å². The molecule has 208 valence electrons. The van der Waals surface area contributed by atoms with Crippen LogP contribution < -0.4 is 9.47 Å². The van der Waals surface area contributed by atoms with Crippen LogP contribution in [0.25, 0.3) is 11.1 Å². The van der Waals surface area contributed by atoms with E-state index in [0.29, 0.717) is 5.56 Å². The molecule has 4 aromatic carbocycles. The van der Waals surface area contributed by atoms with Crippen LogP contribution in [0.15, 0.2) is 60.7 Å². The third-order valence-electron chi connectivity index (χ3n) is 7.14. The van der Waals surface area contributed by atoms with Crippen LogP contribution in [0.5, 0.6) is 46.0 Å². The van der Waals surface area contributed by atoms with E-state index in [0.717, 1.165) is 18.2 Å². The van der Waals surface area contributed by atoms with Gasteiger partial charge in [-0.2, -0.15) is 0 Å². The second kappa shape index (κ2) is 9.35. The predicted molar refractivity (Wildman–Crippen MR) is 141 cm³/mol. The number of hydrogen-bond acceptors (Lipinski definition) is 11. The Balaban J connectivity index is 1.37. The average molecular weight is 558 g/mol. The molecule has 0 amide bonds. The molecule has 2 aliphatic heterocycles. The molecule has 2 aliphatic rings. The maximum atomic E-state index is 12.9. The second-order valence-electron chi connectivity index (χ2n) is 9.81. The van der Waals surface area contributed by atoms with Crippen LogP contribution in [0.4, 0.5) is 0 Å². The summed E-state index contributed by atoms with van der Waals surface area (Å²) in [6, 6.07) is 12.8. The number of benzene rings is 4. The molecule has 0 saturated carbocycles. The van der Waals surface area contributed by atoms with Crippen LogP contribution in [0.3, 0.4) is 0 Å². The van der Waals surface area contributed by atoms with Gasteiger partial charge in [0.2, 0.25) is 5.78 Å². The van der Waals surface area contributed by atoms with Gasteiger partial charge in [-0.25, -0.2) is 0 Å². The smallest absolute Gasteiger partial charge is 0.202 e. The molecule has 0 aromatic heterocycles. The number of aliphatic hydroxyl groups excluding tert-OH is 1.